The van der Waals surface area contributed by atoms with Crippen LogP contribution in [0, 0.1) is 0 Å². The Morgan fingerprint density at radius 1 is 1.25 bits per heavy atom. The predicted molar refractivity (Wildman–Crippen MR) is 90.4 cm³/mol. The van der Waals surface area contributed by atoms with Crippen molar-refractivity contribution in [3.8, 4) is 5.75 Å². The van der Waals surface area contributed by atoms with Gasteiger partial charge in [-0.2, -0.15) is 0 Å². The molecule has 0 saturated heterocycles. The zero-order valence-electron chi connectivity index (χ0n) is 13.3. The number of hydrogen-bond donors (Lipinski definition) is 1. The van der Waals surface area contributed by atoms with Gasteiger partial charge in [0.15, 0.2) is 11.3 Å². The van der Waals surface area contributed by atoms with E-state index in [1.807, 2.05) is 29.1 Å². The second-order valence-corrected chi connectivity index (χ2v) is 5.36. The van der Waals surface area contributed by atoms with Crippen molar-refractivity contribution in [1.82, 2.24) is 9.88 Å². The summed E-state index contributed by atoms with van der Waals surface area (Å²) in [6.07, 6.45) is 4.70. The van der Waals surface area contributed by atoms with Crippen LogP contribution < -0.4 is 15.7 Å². The number of nitrogens with zero attached hydrogens (tertiary/aromatic N) is 1. The third-order valence-corrected chi connectivity index (χ3v) is 3.73. The number of benzene rings is 1. The number of fused-ring (bicyclic) bond motifs is 1. The van der Waals surface area contributed by atoms with Gasteiger partial charge in [0.05, 0.1) is 7.11 Å². The molecule has 3 rings (SSSR count). The summed E-state index contributed by atoms with van der Waals surface area (Å²) in [5, 5.41) is 3.40. The summed E-state index contributed by atoms with van der Waals surface area (Å²) in [6, 6.07) is 10.7. The molecule has 2 aromatic heterocycles. The maximum atomic E-state index is 12.2. The van der Waals surface area contributed by atoms with Crippen molar-refractivity contribution in [3.05, 3.63) is 64.8 Å². The molecule has 6 nitrogen and oxygen atoms in total. The van der Waals surface area contributed by atoms with Crippen LogP contribution in [0.5, 0.6) is 5.75 Å². The number of para-hydroxylation sites is 1. The molecule has 0 radical (unpaired) electrons. The van der Waals surface area contributed by atoms with Crippen molar-refractivity contribution in [2.75, 3.05) is 13.7 Å². The quantitative estimate of drug-likeness (QED) is 0.558. The van der Waals surface area contributed by atoms with Gasteiger partial charge in [0.1, 0.15) is 5.56 Å². The highest BCUT2D eigenvalue weighted by Gasteiger charge is 2.15. The molecular weight excluding hydrogens is 308 g/mol. The van der Waals surface area contributed by atoms with Crippen molar-refractivity contribution in [2.24, 2.45) is 0 Å². The lowest BCUT2D eigenvalue weighted by Gasteiger charge is -2.07. The molecule has 0 unspecified atom stereocenters. The van der Waals surface area contributed by atoms with E-state index in [9.17, 15) is 9.59 Å². The average molecular weight is 326 g/mol. The minimum absolute atomic E-state index is 0.00304. The molecule has 1 amide bonds. The molecule has 0 saturated carbocycles. The number of carbonyl (C=O) groups is 1. The van der Waals surface area contributed by atoms with Crippen LogP contribution >= 0.6 is 0 Å². The van der Waals surface area contributed by atoms with Crippen LogP contribution in [0.15, 0.2) is 58.0 Å². The molecule has 0 fully saturated rings. The number of carbonyl (C=O) groups excluding carboxylic acids is 1. The van der Waals surface area contributed by atoms with E-state index in [0.29, 0.717) is 23.3 Å². The van der Waals surface area contributed by atoms with E-state index < -0.39 is 11.5 Å². The van der Waals surface area contributed by atoms with Crippen molar-refractivity contribution in [3.63, 3.8) is 0 Å². The number of aryl methyl sites for hydroxylation is 1. The van der Waals surface area contributed by atoms with Gasteiger partial charge in [-0.15, -0.1) is 0 Å². The Morgan fingerprint density at radius 2 is 2.04 bits per heavy atom. The maximum absolute atomic E-state index is 12.2. The van der Waals surface area contributed by atoms with Crippen molar-refractivity contribution in [1.29, 1.82) is 0 Å². The Hall–Kier alpha value is -3.02. The zero-order valence-corrected chi connectivity index (χ0v) is 13.3. The van der Waals surface area contributed by atoms with Crippen molar-refractivity contribution < 1.29 is 13.9 Å². The van der Waals surface area contributed by atoms with Crippen LogP contribution in [0.3, 0.4) is 0 Å². The molecular formula is C18H18N2O4. The second-order valence-electron chi connectivity index (χ2n) is 5.36. The molecule has 2 heterocycles. The molecule has 24 heavy (non-hydrogen) atoms. The lowest BCUT2D eigenvalue weighted by Crippen LogP contribution is -2.29. The fourth-order valence-corrected chi connectivity index (χ4v) is 2.51. The first-order valence-corrected chi connectivity index (χ1v) is 7.69. The Morgan fingerprint density at radius 3 is 2.79 bits per heavy atom. The Bertz CT molecular complexity index is 897. The van der Waals surface area contributed by atoms with E-state index in [1.54, 1.807) is 18.2 Å². The van der Waals surface area contributed by atoms with Gasteiger partial charge in [-0.05, 0) is 30.7 Å². The number of hydrogen-bond acceptors (Lipinski definition) is 4. The minimum Gasteiger partial charge on any atom is -0.493 e. The molecule has 1 aromatic carbocycles. The standard InChI is InChI=1S/C18H18N2O4/c1-23-15-7-4-6-13-12-14(18(22)24-16(13)15)17(21)19-8-5-11-20-9-2-3-10-20/h2-4,6-7,9-10,12H,5,8,11H2,1H3,(H,19,21). The summed E-state index contributed by atoms with van der Waals surface area (Å²) < 4.78 is 12.4. The fourth-order valence-electron chi connectivity index (χ4n) is 2.51. The molecule has 0 bridgehead atoms. The van der Waals surface area contributed by atoms with Gasteiger partial charge in [0.25, 0.3) is 5.91 Å². The third-order valence-electron chi connectivity index (χ3n) is 3.73. The van der Waals surface area contributed by atoms with Crippen LogP contribution in [-0.4, -0.2) is 24.1 Å². The normalized spacial score (nSPS) is 10.7. The molecule has 0 aliphatic heterocycles. The summed E-state index contributed by atoms with van der Waals surface area (Å²) in [5.74, 6) is 0.0317. The first-order valence-electron chi connectivity index (χ1n) is 7.69. The first kappa shape index (κ1) is 15.9. The average Bonchev–Trinajstić information content (AvgIpc) is 3.11. The monoisotopic (exact) mass is 326 g/mol. The molecule has 3 aromatic rings. The van der Waals surface area contributed by atoms with Crippen molar-refractivity contribution >= 4 is 16.9 Å². The van der Waals surface area contributed by atoms with Gasteiger partial charge in [-0.1, -0.05) is 12.1 Å². The van der Waals surface area contributed by atoms with E-state index in [-0.39, 0.29) is 5.56 Å². The number of nitrogens with one attached hydrogen (secondary N) is 1. The van der Waals surface area contributed by atoms with E-state index in [1.165, 1.54) is 13.2 Å². The number of amides is 1. The molecule has 6 heteroatoms. The highest BCUT2D eigenvalue weighted by Crippen LogP contribution is 2.24. The van der Waals surface area contributed by atoms with Crippen LogP contribution in [-0.2, 0) is 6.54 Å². The van der Waals surface area contributed by atoms with Gasteiger partial charge in [0, 0.05) is 30.9 Å². The summed E-state index contributed by atoms with van der Waals surface area (Å²) in [6.45, 7) is 1.28. The van der Waals surface area contributed by atoms with E-state index >= 15 is 0 Å². The van der Waals surface area contributed by atoms with Crippen molar-refractivity contribution in [2.45, 2.75) is 13.0 Å². The highest BCUT2D eigenvalue weighted by molar-refractivity contribution is 5.97. The molecule has 0 spiro atoms. The van der Waals surface area contributed by atoms with E-state index in [2.05, 4.69) is 5.32 Å². The topological polar surface area (TPSA) is 73.5 Å². The number of rotatable bonds is 6. The Kier molecular flexibility index (Phi) is 4.65. The molecule has 0 aliphatic carbocycles. The summed E-state index contributed by atoms with van der Waals surface area (Å²) >= 11 is 0. The molecule has 124 valence electrons. The Balaban J connectivity index is 1.70. The van der Waals surface area contributed by atoms with Gasteiger partial charge in [0.2, 0.25) is 0 Å². The maximum Gasteiger partial charge on any atom is 0.349 e. The molecule has 0 atom stereocenters. The largest absolute Gasteiger partial charge is 0.493 e. The van der Waals surface area contributed by atoms with E-state index in [0.717, 1.165) is 13.0 Å². The SMILES string of the molecule is COc1cccc2cc(C(=O)NCCCn3cccc3)c(=O)oc12. The van der Waals surface area contributed by atoms with Gasteiger partial charge >= 0.3 is 5.63 Å². The van der Waals surface area contributed by atoms with Gasteiger partial charge in [-0.3, -0.25) is 4.79 Å². The molecule has 0 aliphatic rings. The Labute approximate surface area is 138 Å². The van der Waals surface area contributed by atoms with Crippen LogP contribution in [0.1, 0.15) is 16.8 Å². The predicted octanol–water partition coefficient (Wildman–Crippen LogP) is 2.42. The van der Waals surface area contributed by atoms with Crippen LogP contribution in [0.25, 0.3) is 11.0 Å². The van der Waals surface area contributed by atoms with Crippen LogP contribution in [0.2, 0.25) is 0 Å². The second kappa shape index (κ2) is 7.04. The number of aromatic nitrogens is 1. The zero-order chi connectivity index (χ0) is 16.9. The molecule has 1 N–H and O–H groups in total. The highest BCUT2D eigenvalue weighted by atomic mass is 16.5. The first-order chi connectivity index (χ1) is 11.7. The van der Waals surface area contributed by atoms with Gasteiger partial charge < -0.3 is 19.0 Å². The van der Waals surface area contributed by atoms with E-state index in [4.69, 9.17) is 9.15 Å². The summed E-state index contributed by atoms with van der Waals surface area (Å²) in [7, 11) is 1.50. The third kappa shape index (κ3) is 3.32. The van der Waals surface area contributed by atoms with Gasteiger partial charge in [-0.25, -0.2) is 4.79 Å². The van der Waals surface area contributed by atoms with Crippen LogP contribution in [0.4, 0.5) is 0 Å². The summed E-state index contributed by atoms with van der Waals surface area (Å²) in [4.78, 5) is 24.3. The lowest BCUT2D eigenvalue weighted by atomic mass is 10.1. The number of ether oxygens (including phenoxy) is 1. The lowest BCUT2D eigenvalue weighted by molar-refractivity contribution is 0.0949. The fraction of sp³-hybridized carbons (Fsp3) is 0.222. The smallest absolute Gasteiger partial charge is 0.349 e. The summed E-state index contributed by atoms with van der Waals surface area (Å²) in [5.41, 5.74) is -0.333. The number of methoxy groups -OCH3 is 1. The minimum atomic E-state index is -0.671.